The minimum absolute atomic E-state index is 0.0201. The van der Waals surface area contributed by atoms with Gasteiger partial charge in [0.25, 0.3) is 0 Å². The van der Waals surface area contributed by atoms with Gasteiger partial charge in [-0.3, -0.25) is 4.79 Å². The Hall–Kier alpha value is -1.44. The summed E-state index contributed by atoms with van der Waals surface area (Å²) in [5, 5.41) is 10.8. The molecule has 0 fully saturated rings. The maximum atomic E-state index is 11.8. The van der Waals surface area contributed by atoms with Crippen LogP contribution in [0.1, 0.15) is 25.8 Å². The molecule has 0 saturated heterocycles. The van der Waals surface area contributed by atoms with Crippen LogP contribution in [0.2, 0.25) is 0 Å². The van der Waals surface area contributed by atoms with Crippen molar-refractivity contribution in [1.82, 2.24) is 5.32 Å². The molecular weight excluding hydrogens is 278 g/mol. The van der Waals surface area contributed by atoms with Crippen LogP contribution in [0.25, 0.3) is 0 Å². The second-order valence-electron chi connectivity index (χ2n) is 4.76. The fourth-order valence-electron chi connectivity index (χ4n) is 1.52. The number of hydrogen-bond acceptors (Lipinski definition) is 4. The summed E-state index contributed by atoms with van der Waals surface area (Å²) >= 11 is 0. The fraction of sp³-hybridized carbons (Fsp3) is 0.462. The molecule has 4 N–H and O–H groups in total. The predicted octanol–water partition coefficient (Wildman–Crippen LogP) is 0.969. The third-order valence-electron chi connectivity index (χ3n) is 3.04. The maximum absolute atomic E-state index is 11.8. The van der Waals surface area contributed by atoms with Gasteiger partial charge in [0.1, 0.15) is 0 Å². The van der Waals surface area contributed by atoms with Crippen molar-refractivity contribution in [2.24, 2.45) is 5.14 Å². The van der Waals surface area contributed by atoms with Crippen LogP contribution >= 0.6 is 0 Å². The van der Waals surface area contributed by atoms with E-state index in [2.05, 4.69) is 10.6 Å². The molecule has 7 heteroatoms. The molecule has 0 aromatic heterocycles. The number of primary sulfonamides is 1. The summed E-state index contributed by atoms with van der Waals surface area (Å²) in [6.45, 7) is 5.97. The van der Waals surface area contributed by atoms with Crippen LogP contribution < -0.4 is 15.8 Å². The molecule has 0 bridgehead atoms. The summed E-state index contributed by atoms with van der Waals surface area (Å²) in [6, 6.07) is 4.64. The summed E-state index contributed by atoms with van der Waals surface area (Å²) in [4.78, 5) is 11.8. The van der Waals surface area contributed by atoms with Gasteiger partial charge in [-0.2, -0.15) is 0 Å². The Balaban J connectivity index is 2.79. The molecule has 1 unspecified atom stereocenters. The summed E-state index contributed by atoms with van der Waals surface area (Å²) in [5.41, 5.74) is 1.22. The molecule has 6 nitrogen and oxygen atoms in total. The Kier molecular flexibility index (Phi) is 5.67. The number of anilines is 1. The topological polar surface area (TPSA) is 101 Å². The molecule has 0 saturated carbocycles. The van der Waals surface area contributed by atoms with Crippen LogP contribution in [-0.4, -0.2) is 26.9 Å². The highest BCUT2D eigenvalue weighted by molar-refractivity contribution is 7.89. The fourth-order valence-corrected chi connectivity index (χ4v) is 2.06. The van der Waals surface area contributed by atoms with Crippen LogP contribution in [0.3, 0.4) is 0 Å². The van der Waals surface area contributed by atoms with Crippen LogP contribution in [0, 0.1) is 6.92 Å². The van der Waals surface area contributed by atoms with E-state index in [0.29, 0.717) is 5.69 Å². The Bertz CT molecular complexity index is 585. The van der Waals surface area contributed by atoms with E-state index in [4.69, 9.17) is 5.14 Å². The van der Waals surface area contributed by atoms with Gasteiger partial charge in [-0.15, -0.1) is 0 Å². The van der Waals surface area contributed by atoms with Gasteiger partial charge < -0.3 is 10.6 Å². The quantitative estimate of drug-likeness (QED) is 0.728. The number of rotatable bonds is 6. The molecular formula is C13H21N3O3S. The van der Waals surface area contributed by atoms with Gasteiger partial charge in [-0.05, 0) is 38.0 Å². The number of carbonyl (C=O) groups is 1. The highest BCUT2D eigenvalue weighted by Gasteiger charge is 2.12. The Morgan fingerprint density at radius 3 is 2.60 bits per heavy atom. The normalized spacial score (nSPS) is 13.0. The zero-order chi connectivity index (χ0) is 15.3. The van der Waals surface area contributed by atoms with Crippen molar-refractivity contribution in [3.8, 4) is 0 Å². The highest BCUT2D eigenvalue weighted by Crippen LogP contribution is 2.19. The van der Waals surface area contributed by atoms with Gasteiger partial charge in [0.05, 0.1) is 11.4 Å². The molecule has 1 amide bonds. The number of aryl methyl sites for hydroxylation is 1. The smallest absolute Gasteiger partial charge is 0.238 e. The number of amides is 1. The van der Waals surface area contributed by atoms with Gasteiger partial charge in [0.15, 0.2) is 0 Å². The van der Waals surface area contributed by atoms with Gasteiger partial charge in [0, 0.05) is 11.7 Å². The van der Waals surface area contributed by atoms with Crippen LogP contribution in [0.5, 0.6) is 0 Å². The van der Waals surface area contributed by atoms with Crippen molar-refractivity contribution in [2.45, 2.75) is 38.1 Å². The van der Waals surface area contributed by atoms with E-state index in [-0.39, 0.29) is 23.4 Å². The van der Waals surface area contributed by atoms with Gasteiger partial charge in [-0.25, -0.2) is 13.6 Å². The Labute approximate surface area is 119 Å². The molecule has 1 aromatic carbocycles. The third-order valence-corrected chi connectivity index (χ3v) is 3.95. The number of hydrogen-bond donors (Lipinski definition) is 3. The van der Waals surface area contributed by atoms with Crippen LogP contribution in [0.4, 0.5) is 5.69 Å². The van der Waals surface area contributed by atoms with E-state index in [9.17, 15) is 13.2 Å². The minimum Gasteiger partial charge on any atom is -0.325 e. The lowest BCUT2D eigenvalue weighted by Crippen LogP contribution is -2.34. The molecule has 0 aliphatic heterocycles. The zero-order valence-corrected chi connectivity index (χ0v) is 12.8. The number of carbonyl (C=O) groups excluding carboxylic acids is 1. The first-order valence-corrected chi connectivity index (χ1v) is 7.95. The average molecular weight is 299 g/mol. The number of nitrogens with two attached hydrogens (primary N) is 1. The minimum atomic E-state index is -3.77. The highest BCUT2D eigenvalue weighted by atomic mass is 32.2. The summed E-state index contributed by atoms with van der Waals surface area (Å²) < 4.78 is 22.6. The largest absolute Gasteiger partial charge is 0.325 e. The molecule has 0 heterocycles. The van der Waals surface area contributed by atoms with E-state index in [1.807, 2.05) is 13.8 Å². The lowest BCUT2D eigenvalue weighted by Gasteiger charge is -2.13. The lowest BCUT2D eigenvalue weighted by molar-refractivity contribution is -0.115. The average Bonchev–Trinajstić information content (AvgIpc) is 2.37. The molecule has 0 radical (unpaired) electrons. The molecule has 20 heavy (non-hydrogen) atoms. The first kappa shape index (κ1) is 16.6. The third kappa shape index (κ3) is 4.92. The van der Waals surface area contributed by atoms with Crippen molar-refractivity contribution in [2.75, 3.05) is 11.9 Å². The van der Waals surface area contributed by atoms with Gasteiger partial charge >= 0.3 is 0 Å². The Morgan fingerprint density at radius 2 is 2.05 bits per heavy atom. The summed E-state index contributed by atoms with van der Waals surface area (Å²) in [5.74, 6) is -0.222. The monoisotopic (exact) mass is 299 g/mol. The van der Waals surface area contributed by atoms with Gasteiger partial charge in [0.2, 0.25) is 15.9 Å². The lowest BCUT2D eigenvalue weighted by atomic mass is 10.2. The van der Waals surface area contributed by atoms with Crippen molar-refractivity contribution < 1.29 is 13.2 Å². The molecule has 0 aliphatic rings. The van der Waals surface area contributed by atoms with Crippen molar-refractivity contribution in [1.29, 1.82) is 0 Å². The van der Waals surface area contributed by atoms with Crippen molar-refractivity contribution in [3.63, 3.8) is 0 Å². The van der Waals surface area contributed by atoms with E-state index in [1.165, 1.54) is 12.1 Å². The second kappa shape index (κ2) is 6.83. The first-order valence-electron chi connectivity index (χ1n) is 6.40. The van der Waals surface area contributed by atoms with Crippen LogP contribution in [-0.2, 0) is 14.8 Å². The number of nitrogens with one attached hydrogen (secondary N) is 2. The Morgan fingerprint density at radius 1 is 1.40 bits per heavy atom. The van der Waals surface area contributed by atoms with Crippen molar-refractivity contribution >= 4 is 21.6 Å². The van der Waals surface area contributed by atoms with Crippen LogP contribution in [0.15, 0.2) is 23.1 Å². The molecule has 1 aromatic rings. The zero-order valence-electron chi connectivity index (χ0n) is 11.9. The standard InChI is InChI=1S/C13H21N3O3S/c1-4-10(3)15-8-13(17)16-12-7-11(20(14,18)19)6-5-9(12)2/h5-7,10,15H,4,8H2,1-3H3,(H,16,17)(H2,14,18,19). The molecule has 1 rings (SSSR count). The molecule has 112 valence electrons. The predicted molar refractivity (Wildman–Crippen MR) is 78.9 cm³/mol. The van der Waals surface area contributed by atoms with E-state index < -0.39 is 10.0 Å². The summed E-state index contributed by atoms with van der Waals surface area (Å²) in [6.07, 6.45) is 0.924. The number of benzene rings is 1. The summed E-state index contributed by atoms with van der Waals surface area (Å²) in [7, 11) is -3.77. The first-order chi connectivity index (χ1) is 9.24. The number of sulfonamides is 1. The van der Waals surface area contributed by atoms with E-state index in [0.717, 1.165) is 12.0 Å². The van der Waals surface area contributed by atoms with E-state index >= 15 is 0 Å². The maximum Gasteiger partial charge on any atom is 0.238 e. The van der Waals surface area contributed by atoms with Crippen molar-refractivity contribution in [3.05, 3.63) is 23.8 Å². The second-order valence-corrected chi connectivity index (χ2v) is 6.32. The molecule has 0 spiro atoms. The van der Waals surface area contributed by atoms with Gasteiger partial charge in [-0.1, -0.05) is 13.0 Å². The SMILES string of the molecule is CCC(C)NCC(=O)Nc1cc(S(N)(=O)=O)ccc1C. The molecule has 1 atom stereocenters. The molecule has 0 aliphatic carbocycles. The van der Waals surface area contributed by atoms with E-state index in [1.54, 1.807) is 13.0 Å².